The summed E-state index contributed by atoms with van der Waals surface area (Å²) in [5, 5.41) is 20.9. The largest absolute Gasteiger partial charge is 0.484 e. The molecule has 31 heavy (non-hydrogen) atoms. The van der Waals surface area contributed by atoms with E-state index in [0.29, 0.717) is 50.8 Å². The normalized spacial score (nSPS) is 24.9. The van der Waals surface area contributed by atoms with Crippen LogP contribution in [-0.2, 0) is 4.79 Å². The molecule has 2 aromatic rings. The Morgan fingerprint density at radius 1 is 1.06 bits per heavy atom. The first kappa shape index (κ1) is 22.5. The second kappa shape index (κ2) is 9.84. The second-order valence-electron chi connectivity index (χ2n) is 8.06. The molecule has 9 heteroatoms. The fourth-order valence-electron chi connectivity index (χ4n) is 4.30. The van der Waals surface area contributed by atoms with Gasteiger partial charge in [0.25, 0.3) is 5.91 Å². The topological polar surface area (TPSA) is 82.6 Å². The van der Waals surface area contributed by atoms with Crippen molar-refractivity contribution in [2.75, 3.05) is 18.5 Å². The van der Waals surface area contributed by atoms with Crippen molar-refractivity contribution in [2.24, 2.45) is 17.8 Å². The second-order valence-corrected chi connectivity index (χ2v) is 9.31. The van der Waals surface area contributed by atoms with E-state index in [2.05, 4.69) is 16.0 Å². The van der Waals surface area contributed by atoms with Gasteiger partial charge >= 0.3 is 0 Å². The summed E-state index contributed by atoms with van der Waals surface area (Å²) in [4.78, 5) is 12.3. The van der Waals surface area contributed by atoms with Gasteiger partial charge in [-0.1, -0.05) is 34.8 Å². The number of rotatable bonds is 9. The van der Waals surface area contributed by atoms with Gasteiger partial charge in [0.2, 0.25) is 0 Å². The number of hydrogen-bond acceptors (Lipinski definition) is 5. The van der Waals surface area contributed by atoms with Gasteiger partial charge in [-0.15, -0.1) is 0 Å². The maximum Gasteiger partial charge on any atom is 0.258 e. The molecule has 1 amide bonds. The minimum atomic E-state index is -0.907. The van der Waals surface area contributed by atoms with Crippen molar-refractivity contribution in [3.05, 3.63) is 57.5 Å². The van der Waals surface area contributed by atoms with Crippen LogP contribution in [0.25, 0.3) is 0 Å². The number of nitrogens with one attached hydrogen (secondary N) is 3. The van der Waals surface area contributed by atoms with Gasteiger partial charge in [-0.2, -0.15) is 0 Å². The average molecular weight is 485 g/mol. The van der Waals surface area contributed by atoms with Gasteiger partial charge in [0.15, 0.2) is 13.0 Å². The summed E-state index contributed by atoms with van der Waals surface area (Å²) in [5.41, 5.74) is 0.677. The summed E-state index contributed by atoms with van der Waals surface area (Å²) in [6, 6.07) is 12.2. The van der Waals surface area contributed by atoms with Gasteiger partial charge in [0.05, 0.1) is 10.0 Å². The number of amides is 1. The van der Waals surface area contributed by atoms with Crippen molar-refractivity contribution in [3.63, 3.8) is 0 Å². The Kier molecular flexibility index (Phi) is 7.14. The molecule has 0 bridgehead atoms. The zero-order valence-electron chi connectivity index (χ0n) is 16.7. The molecule has 0 aromatic heterocycles. The van der Waals surface area contributed by atoms with E-state index in [4.69, 9.17) is 39.5 Å². The highest BCUT2D eigenvalue weighted by molar-refractivity contribution is 6.42. The van der Waals surface area contributed by atoms with Crippen LogP contribution in [0.3, 0.4) is 0 Å². The third-order valence-corrected chi connectivity index (χ3v) is 6.89. The number of carbonyl (C=O) groups is 1. The first-order chi connectivity index (χ1) is 14.9. The van der Waals surface area contributed by atoms with E-state index in [1.54, 1.807) is 42.5 Å². The minimum absolute atomic E-state index is 0.0231. The monoisotopic (exact) mass is 483 g/mol. The van der Waals surface area contributed by atoms with Gasteiger partial charge in [-0.3, -0.25) is 10.1 Å². The van der Waals surface area contributed by atoms with E-state index in [1.807, 2.05) is 0 Å². The lowest BCUT2D eigenvalue weighted by atomic mass is 10.0. The minimum Gasteiger partial charge on any atom is -0.484 e. The summed E-state index contributed by atoms with van der Waals surface area (Å²) in [7, 11) is 0. The molecule has 0 heterocycles. The number of hydrogen-bond donors (Lipinski definition) is 4. The summed E-state index contributed by atoms with van der Waals surface area (Å²) < 4.78 is 5.52. The maximum atomic E-state index is 12.3. The SMILES string of the molecule is O=C(COc1ccc(Cl)cc1)NC1CC(CNC(O)Nc2ccc(Cl)c(Cl)c2)C2CC12. The molecule has 2 saturated carbocycles. The van der Waals surface area contributed by atoms with E-state index < -0.39 is 6.35 Å². The van der Waals surface area contributed by atoms with Crippen LogP contribution in [0, 0.1) is 17.8 Å². The van der Waals surface area contributed by atoms with Gasteiger partial charge in [0, 0.05) is 23.3 Å². The van der Waals surface area contributed by atoms with E-state index in [0.717, 1.165) is 12.8 Å². The van der Waals surface area contributed by atoms with Crippen molar-refractivity contribution < 1.29 is 14.6 Å². The third-order valence-electron chi connectivity index (χ3n) is 5.90. The average Bonchev–Trinajstić information content (AvgIpc) is 3.47. The van der Waals surface area contributed by atoms with Gasteiger partial charge in [-0.05, 0) is 73.1 Å². The van der Waals surface area contributed by atoms with E-state index in [-0.39, 0.29) is 18.6 Å². The van der Waals surface area contributed by atoms with Crippen molar-refractivity contribution in [1.29, 1.82) is 0 Å². The van der Waals surface area contributed by atoms with Crippen molar-refractivity contribution in [2.45, 2.75) is 25.2 Å². The van der Waals surface area contributed by atoms with Gasteiger partial charge < -0.3 is 20.5 Å². The molecular weight excluding hydrogens is 461 g/mol. The lowest BCUT2D eigenvalue weighted by Crippen LogP contribution is -2.41. The highest BCUT2D eigenvalue weighted by atomic mass is 35.5. The Labute approximate surface area is 196 Å². The molecule has 2 fully saturated rings. The first-order valence-electron chi connectivity index (χ1n) is 10.2. The fourth-order valence-corrected chi connectivity index (χ4v) is 4.73. The lowest BCUT2D eigenvalue weighted by Gasteiger charge is -2.21. The van der Waals surface area contributed by atoms with Gasteiger partial charge in [0.1, 0.15) is 5.75 Å². The van der Waals surface area contributed by atoms with Crippen LogP contribution >= 0.6 is 34.8 Å². The number of halogens is 3. The Morgan fingerprint density at radius 3 is 2.58 bits per heavy atom. The van der Waals surface area contributed by atoms with Crippen LogP contribution in [0.15, 0.2) is 42.5 Å². The summed E-state index contributed by atoms with van der Waals surface area (Å²) in [6.07, 6.45) is 1.08. The van der Waals surface area contributed by atoms with Crippen LogP contribution < -0.4 is 20.7 Å². The predicted octanol–water partition coefficient (Wildman–Crippen LogP) is 4.14. The number of aliphatic hydroxyl groups excluding tert-OH is 1. The molecule has 2 aromatic carbocycles. The maximum absolute atomic E-state index is 12.3. The van der Waals surface area contributed by atoms with Crippen LogP contribution in [0.2, 0.25) is 15.1 Å². The van der Waals surface area contributed by atoms with Crippen molar-refractivity contribution >= 4 is 46.4 Å². The number of benzene rings is 2. The molecule has 2 aliphatic rings. The highest BCUT2D eigenvalue weighted by Crippen LogP contribution is 2.55. The summed E-state index contributed by atoms with van der Waals surface area (Å²) >= 11 is 17.8. The lowest BCUT2D eigenvalue weighted by molar-refractivity contribution is -0.123. The number of anilines is 1. The molecule has 5 atom stereocenters. The molecule has 0 saturated heterocycles. The van der Waals surface area contributed by atoms with Crippen LogP contribution in [0.4, 0.5) is 5.69 Å². The Morgan fingerprint density at radius 2 is 1.84 bits per heavy atom. The highest BCUT2D eigenvalue weighted by Gasteiger charge is 2.54. The fraction of sp³-hybridized carbons (Fsp3) is 0.409. The van der Waals surface area contributed by atoms with E-state index in [9.17, 15) is 9.90 Å². The molecule has 4 N–H and O–H groups in total. The molecular formula is C22H24Cl3N3O3. The first-order valence-corrected chi connectivity index (χ1v) is 11.3. The standard InChI is InChI=1S/C22H24Cl3N3O3/c23-13-1-4-15(5-2-13)31-11-21(29)28-20-7-12(16-9-17(16)20)10-26-22(30)27-14-3-6-18(24)19(25)8-14/h1-6,8,12,16-17,20,22,26-27,30H,7,9-11H2,(H,28,29). The zero-order valence-corrected chi connectivity index (χ0v) is 18.9. The molecule has 0 radical (unpaired) electrons. The van der Waals surface area contributed by atoms with E-state index >= 15 is 0 Å². The number of aliphatic hydroxyl groups is 1. The van der Waals surface area contributed by atoms with E-state index in [1.165, 1.54) is 0 Å². The molecule has 0 spiro atoms. The molecule has 166 valence electrons. The summed E-state index contributed by atoms with van der Waals surface area (Å²) in [5.74, 6) is 1.97. The molecule has 2 aliphatic carbocycles. The Hall–Kier alpha value is -1.70. The smallest absolute Gasteiger partial charge is 0.258 e. The van der Waals surface area contributed by atoms with Crippen molar-refractivity contribution in [1.82, 2.24) is 10.6 Å². The third kappa shape index (κ3) is 5.96. The molecule has 4 rings (SSSR count). The molecule has 6 nitrogen and oxygen atoms in total. The summed E-state index contributed by atoms with van der Waals surface area (Å²) in [6.45, 7) is 0.634. The van der Waals surface area contributed by atoms with Crippen LogP contribution in [0.1, 0.15) is 12.8 Å². The molecule has 0 aliphatic heterocycles. The van der Waals surface area contributed by atoms with Crippen LogP contribution in [-0.4, -0.2) is 36.6 Å². The van der Waals surface area contributed by atoms with Crippen molar-refractivity contribution in [3.8, 4) is 5.75 Å². The zero-order chi connectivity index (χ0) is 22.0. The number of ether oxygens (including phenoxy) is 1. The predicted molar refractivity (Wildman–Crippen MR) is 123 cm³/mol. The number of carbonyl (C=O) groups excluding carboxylic acids is 1. The number of fused-ring (bicyclic) bond motifs is 1. The van der Waals surface area contributed by atoms with Gasteiger partial charge in [-0.25, -0.2) is 0 Å². The quantitative estimate of drug-likeness (QED) is 0.402. The van der Waals surface area contributed by atoms with Crippen LogP contribution in [0.5, 0.6) is 5.75 Å². The Balaban J connectivity index is 1.18. The Bertz CT molecular complexity index is 928. The molecule has 5 unspecified atom stereocenters.